The molecule has 1 unspecified atom stereocenters. The average Bonchev–Trinajstić information content (AvgIpc) is 2.75. The number of nitrogens with zero attached hydrogens (tertiary/aromatic N) is 3. The molecule has 1 atom stereocenters. The fraction of sp³-hybridized carbons (Fsp3) is 0.143. The molecular formula is C14H12ClFN4. The Labute approximate surface area is 120 Å². The summed E-state index contributed by atoms with van der Waals surface area (Å²) in [7, 11) is 0. The lowest BCUT2D eigenvalue weighted by Crippen LogP contribution is -2.10. The molecule has 0 spiro atoms. The Morgan fingerprint density at radius 1 is 1.30 bits per heavy atom. The maximum Gasteiger partial charge on any atom is 0.201 e. The van der Waals surface area contributed by atoms with Crippen molar-refractivity contribution in [2.75, 3.05) is 5.73 Å². The van der Waals surface area contributed by atoms with E-state index in [1.165, 1.54) is 12.1 Å². The number of anilines is 1. The maximum atomic E-state index is 13.7. The van der Waals surface area contributed by atoms with Gasteiger partial charge in [0.05, 0.1) is 22.1 Å². The predicted molar refractivity (Wildman–Crippen MR) is 77.2 cm³/mol. The second-order valence-corrected chi connectivity index (χ2v) is 4.96. The third-order valence-electron chi connectivity index (χ3n) is 3.33. The zero-order valence-corrected chi connectivity index (χ0v) is 11.5. The van der Waals surface area contributed by atoms with Gasteiger partial charge in [-0.2, -0.15) is 0 Å². The van der Waals surface area contributed by atoms with Crippen LogP contribution >= 0.6 is 11.6 Å². The van der Waals surface area contributed by atoms with Gasteiger partial charge in [-0.05, 0) is 30.7 Å². The van der Waals surface area contributed by atoms with E-state index in [1.807, 2.05) is 19.1 Å². The van der Waals surface area contributed by atoms with E-state index in [-0.39, 0.29) is 11.1 Å². The molecule has 0 bridgehead atoms. The topological polar surface area (TPSA) is 56.7 Å². The van der Waals surface area contributed by atoms with E-state index in [4.69, 9.17) is 17.3 Å². The number of imidazole rings is 1. The van der Waals surface area contributed by atoms with Gasteiger partial charge in [-0.15, -0.1) is 0 Å². The fourth-order valence-corrected chi connectivity index (χ4v) is 2.46. The molecule has 0 radical (unpaired) electrons. The summed E-state index contributed by atoms with van der Waals surface area (Å²) >= 11 is 5.77. The van der Waals surface area contributed by atoms with Crippen LogP contribution < -0.4 is 5.73 Å². The SMILES string of the molecule is CC(c1ccncc1)n1c(N)nc2cc(Cl)c(F)cc21. The van der Waals surface area contributed by atoms with Crippen molar-refractivity contribution in [2.45, 2.75) is 13.0 Å². The summed E-state index contributed by atoms with van der Waals surface area (Å²) < 4.78 is 15.5. The molecule has 0 saturated heterocycles. The van der Waals surface area contributed by atoms with Crippen LogP contribution in [0, 0.1) is 5.82 Å². The Bertz CT molecular complexity index is 770. The standard InChI is InChI=1S/C14H12ClFN4/c1-8(9-2-4-18-5-3-9)20-13-7-11(16)10(15)6-12(13)19-14(20)17/h2-8H,1H3,(H2,17,19). The minimum absolute atomic E-state index is 0.0405. The van der Waals surface area contributed by atoms with E-state index < -0.39 is 5.82 Å². The average molecular weight is 291 g/mol. The molecule has 20 heavy (non-hydrogen) atoms. The van der Waals surface area contributed by atoms with Crippen molar-refractivity contribution in [1.82, 2.24) is 14.5 Å². The van der Waals surface area contributed by atoms with Gasteiger partial charge in [0.1, 0.15) is 5.82 Å². The second-order valence-electron chi connectivity index (χ2n) is 4.55. The van der Waals surface area contributed by atoms with Crippen LogP contribution in [0.1, 0.15) is 18.5 Å². The van der Waals surface area contributed by atoms with Gasteiger partial charge in [0.25, 0.3) is 0 Å². The summed E-state index contributed by atoms with van der Waals surface area (Å²) in [5.74, 6) is -0.159. The molecule has 6 heteroatoms. The van der Waals surface area contributed by atoms with Crippen LogP contribution in [-0.2, 0) is 0 Å². The molecule has 4 nitrogen and oxygen atoms in total. The summed E-state index contributed by atoms with van der Waals surface area (Å²) in [5.41, 5.74) is 8.18. The second kappa shape index (κ2) is 4.76. The number of hydrogen-bond acceptors (Lipinski definition) is 3. The highest BCUT2D eigenvalue weighted by molar-refractivity contribution is 6.31. The molecule has 0 aliphatic heterocycles. The number of halogens is 2. The number of fused-ring (bicyclic) bond motifs is 1. The van der Waals surface area contributed by atoms with Crippen LogP contribution in [0.5, 0.6) is 0 Å². The first-order valence-electron chi connectivity index (χ1n) is 6.10. The first kappa shape index (κ1) is 12.9. The summed E-state index contributed by atoms with van der Waals surface area (Å²) in [6.07, 6.45) is 3.41. The molecule has 2 heterocycles. The molecule has 0 aliphatic carbocycles. The summed E-state index contributed by atoms with van der Waals surface area (Å²) in [4.78, 5) is 8.22. The lowest BCUT2D eigenvalue weighted by Gasteiger charge is -2.16. The highest BCUT2D eigenvalue weighted by atomic mass is 35.5. The van der Waals surface area contributed by atoms with Crippen molar-refractivity contribution in [3.8, 4) is 0 Å². The van der Waals surface area contributed by atoms with E-state index in [9.17, 15) is 4.39 Å². The maximum absolute atomic E-state index is 13.7. The van der Waals surface area contributed by atoms with Crippen molar-refractivity contribution in [2.24, 2.45) is 0 Å². The van der Waals surface area contributed by atoms with Crippen LogP contribution in [0.25, 0.3) is 11.0 Å². The van der Waals surface area contributed by atoms with Crippen LogP contribution in [0.4, 0.5) is 10.3 Å². The number of aromatic nitrogens is 3. The molecule has 3 rings (SSSR count). The highest BCUT2D eigenvalue weighted by Gasteiger charge is 2.17. The minimum atomic E-state index is -0.484. The quantitative estimate of drug-likeness (QED) is 0.787. The molecule has 0 aliphatic rings. The molecule has 102 valence electrons. The number of nitrogens with two attached hydrogens (primary N) is 1. The Morgan fingerprint density at radius 2 is 2.00 bits per heavy atom. The third kappa shape index (κ3) is 2.00. The van der Waals surface area contributed by atoms with E-state index in [1.54, 1.807) is 17.0 Å². The van der Waals surface area contributed by atoms with Gasteiger partial charge in [-0.3, -0.25) is 4.98 Å². The van der Waals surface area contributed by atoms with Crippen LogP contribution in [0.15, 0.2) is 36.7 Å². The molecule has 3 aromatic rings. The molecule has 2 aromatic heterocycles. The predicted octanol–water partition coefficient (Wildman–Crippen LogP) is 3.42. The molecule has 0 fully saturated rings. The Kier molecular flexibility index (Phi) is 3.06. The Hall–Kier alpha value is -2.14. The van der Waals surface area contributed by atoms with Gasteiger partial charge in [-0.25, -0.2) is 9.37 Å². The van der Waals surface area contributed by atoms with Gasteiger partial charge < -0.3 is 10.3 Å². The molecular weight excluding hydrogens is 279 g/mol. The first-order valence-corrected chi connectivity index (χ1v) is 6.48. The molecule has 0 saturated carbocycles. The van der Waals surface area contributed by atoms with Gasteiger partial charge in [0.2, 0.25) is 5.95 Å². The zero-order valence-electron chi connectivity index (χ0n) is 10.7. The van der Waals surface area contributed by atoms with Crippen molar-refractivity contribution < 1.29 is 4.39 Å². The summed E-state index contributed by atoms with van der Waals surface area (Å²) in [6.45, 7) is 1.97. The number of benzene rings is 1. The highest BCUT2D eigenvalue weighted by Crippen LogP contribution is 2.29. The monoisotopic (exact) mass is 290 g/mol. The lowest BCUT2D eigenvalue weighted by atomic mass is 10.1. The number of rotatable bonds is 2. The largest absolute Gasteiger partial charge is 0.369 e. The van der Waals surface area contributed by atoms with Gasteiger partial charge in [0, 0.05) is 18.5 Å². The van der Waals surface area contributed by atoms with E-state index >= 15 is 0 Å². The van der Waals surface area contributed by atoms with Crippen LogP contribution in [-0.4, -0.2) is 14.5 Å². The minimum Gasteiger partial charge on any atom is -0.369 e. The van der Waals surface area contributed by atoms with E-state index in [2.05, 4.69) is 9.97 Å². The summed E-state index contributed by atoms with van der Waals surface area (Å²) in [5, 5.41) is 0.0405. The molecule has 1 aromatic carbocycles. The molecule has 0 amide bonds. The number of nitrogen functional groups attached to an aromatic ring is 1. The third-order valence-corrected chi connectivity index (χ3v) is 3.62. The fourth-order valence-electron chi connectivity index (χ4n) is 2.31. The Morgan fingerprint density at radius 3 is 2.70 bits per heavy atom. The zero-order chi connectivity index (χ0) is 14.3. The Balaban J connectivity index is 2.21. The molecule has 2 N–H and O–H groups in total. The van der Waals surface area contributed by atoms with Gasteiger partial charge in [0.15, 0.2) is 0 Å². The van der Waals surface area contributed by atoms with Crippen LogP contribution in [0.3, 0.4) is 0 Å². The van der Waals surface area contributed by atoms with Gasteiger partial charge >= 0.3 is 0 Å². The van der Waals surface area contributed by atoms with Crippen molar-refractivity contribution in [3.05, 3.63) is 53.1 Å². The van der Waals surface area contributed by atoms with Crippen molar-refractivity contribution in [3.63, 3.8) is 0 Å². The van der Waals surface area contributed by atoms with E-state index in [0.29, 0.717) is 17.0 Å². The summed E-state index contributed by atoms with van der Waals surface area (Å²) in [6, 6.07) is 6.55. The first-order chi connectivity index (χ1) is 9.58. The van der Waals surface area contributed by atoms with E-state index in [0.717, 1.165) is 5.56 Å². The van der Waals surface area contributed by atoms with Gasteiger partial charge in [-0.1, -0.05) is 11.6 Å². The number of pyridine rings is 1. The normalized spacial score (nSPS) is 12.8. The number of hydrogen-bond donors (Lipinski definition) is 1. The lowest BCUT2D eigenvalue weighted by molar-refractivity contribution is 0.625. The smallest absolute Gasteiger partial charge is 0.201 e. The van der Waals surface area contributed by atoms with Crippen molar-refractivity contribution in [1.29, 1.82) is 0 Å². The van der Waals surface area contributed by atoms with Crippen LogP contribution in [0.2, 0.25) is 5.02 Å². The van der Waals surface area contributed by atoms with Crippen molar-refractivity contribution >= 4 is 28.6 Å².